The highest BCUT2D eigenvalue weighted by molar-refractivity contribution is 8.00. The number of carbonyl (C=O) groups is 2. The summed E-state index contributed by atoms with van der Waals surface area (Å²) in [4.78, 5) is 27.3. The first-order chi connectivity index (χ1) is 15.5. The van der Waals surface area contributed by atoms with Crippen LogP contribution < -0.4 is 10.6 Å². The summed E-state index contributed by atoms with van der Waals surface area (Å²) in [6.45, 7) is 2.23. The Balaban J connectivity index is 1.33. The van der Waals surface area contributed by atoms with Gasteiger partial charge in [-0.2, -0.15) is 5.26 Å². The van der Waals surface area contributed by atoms with Crippen molar-refractivity contribution in [1.29, 1.82) is 5.26 Å². The van der Waals surface area contributed by atoms with Gasteiger partial charge in [0.2, 0.25) is 11.8 Å². The lowest BCUT2D eigenvalue weighted by molar-refractivity contribution is -0.120. The Morgan fingerprint density at radius 3 is 2.78 bits per heavy atom. The van der Waals surface area contributed by atoms with Crippen molar-refractivity contribution in [2.24, 2.45) is 11.8 Å². The van der Waals surface area contributed by atoms with Gasteiger partial charge in [0.25, 0.3) is 0 Å². The number of nitrogens with one attached hydrogen (secondary N) is 2. The third kappa shape index (κ3) is 5.54. The molecule has 1 aromatic heterocycles. The number of amides is 2. The van der Waals surface area contributed by atoms with Crippen LogP contribution in [0.4, 0.5) is 10.7 Å². The van der Waals surface area contributed by atoms with Gasteiger partial charge in [-0.3, -0.25) is 9.59 Å². The number of rotatable bonds is 6. The van der Waals surface area contributed by atoms with Gasteiger partial charge in [-0.1, -0.05) is 32.3 Å². The summed E-state index contributed by atoms with van der Waals surface area (Å²) in [5, 5.41) is 16.3. The molecule has 7 heteroatoms. The average Bonchev–Trinajstić information content (AvgIpc) is 3.14. The first kappa shape index (κ1) is 22.9. The van der Waals surface area contributed by atoms with E-state index in [0.717, 1.165) is 61.1 Å². The molecule has 2 aliphatic rings. The molecule has 168 valence electrons. The van der Waals surface area contributed by atoms with E-state index in [1.54, 1.807) is 11.3 Å². The molecule has 2 aliphatic carbocycles. The van der Waals surface area contributed by atoms with Gasteiger partial charge in [0.15, 0.2) is 0 Å². The highest BCUT2D eigenvalue weighted by Crippen LogP contribution is 2.39. The monoisotopic (exact) mass is 467 g/mol. The second-order valence-electron chi connectivity index (χ2n) is 8.86. The molecule has 0 saturated heterocycles. The SMILES string of the molecule is CC1CCc2c(sc(NC(=O)CSc3cccc(NC(=O)C4CCCCC4)c3)c2C#N)C1. The lowest BCUT2D eigenvalue weighted by Crippen LogP contribution is -2.24. The number of hydrogen-bond acceptors (Lipinski definition) is 5. The minimum Gasteiger partial charge on any atom is -0.326 e. The number of thioether (sulfide) groups is 1. The third-order valence-electron chi connectivity index (χ3n) is 6.32. The van der Waals surface area contributed by atoms with Crippen LogP contribution in [-0.4, -0.2) is 17.6 Å². The van der Waals surface area contributed by atoms with E-state index in [9.17, 15) is 14.9 Å². The summed E-state index contributed by atoms with van der Waals surface area (Å²) in [6.07, 6.45) is 8.41. The van der Waals surface area contributed by atoms with Crippen molar-refractivity contribution in [3.63, 3.8) is 0 Å². The van der Waals surface area contributed by atoms with E-state index in [1.165, 1.54) is 23.1 Å². The minimum absolute atomic E-state index is 0.101. The molecule has 0 bridgehead atoms. The molecule has 1 unspecified atom stereocenters. The van der Waals surface area contributed by atoms with Crippen LogP contribution in [0.3, 0.4) is 0 Å². The molecule has 1 atom stereocenters. The zero-order valence-electron chi connectivity index (χ0n) is 18.4. The second kappa shape index (κ2) is 10.5. The zero-order chi connectivity index (χ0) is 22.5. The van der Waals surface area contributed by atoms with Gasteiger partial charge in [0.05, 0.1) is 11.3 Å². The van der Waals surface area contributed by atoms with E-state index in [2.05, 4.69) is 23.6 Å². The molecule has 2 amide bonds. The van der Waals surface area contributed by atoms with Crippen LogP contribution in [-0.2, 0) is 22.4 Å². The van der Waals surface area contributed by atoms with Gasteiger partial charge >= 0.3 is 0 Å². The van der Waals surface area contributed by atoms with Crippen LogP contribution in [0.25, 0.3) is 0 Å². The Morgan fingerprint density at radius 1 is 1.19 bits per heavy atom. The van der Waals surface area contributed by atoms with Gasteiger partial charge in [-0.05, 0) is 61.8 Å². The molecule has 4 rings (SSSR count). The molecule has 5 nitrogen and oxygen atoms in total. The van der Waals surface area contributed by atoms with E-state index in [1.807, 2.05) is 24.3 Å². The predicted molar refractivity (Wildman–Crippen MR) is 131 cm³/mol. The van der Waals surface area contributed by atoms with Crippen molar-refractivity contribution in [1.82, 2.24) is 0 Å². The quantitative estimate of drug-likeness (QED) is 0.511. The number of carbonyl (C=O) groups excluding carboxylic acids is 2. The van der Waals surface area contributed by atoms with E-state index < -0.39 is 0 Å². The Morgan fingerprint density at radius 2 is 2.00 bits per heavy atom. The molecule has 32 heavy (non-hydrogen) atoms. The minimum atomic E-state index is -0.116. The van der Waals surface area contributed by atoms with Gasteiger partial charge < -0.3 is 10.6 Å². The van der Waals surface area contributed by atoms with E-state index in [4.69, 9.17) is 0 Å². The summed E-state index contributed by atoms with van der Waals surface area (Å²) >= 11 is 2.98. The van der Waals surface area contributed by atoms with Crippen LogP contribution in [0.15, 0.2) is 29.2 Å². The van der Waals surface area contributed by atoms with Crippen molar-refractivity contribution < 1.29 is 9.59 Å². The average molecular weight is 468 g/mol. The maximum absolute atomic E-state index is 12.6. The second-order valence-corrected chi connectivity index (χ2v) is 11.0. The molecule has 0 spiro atoms. The summed E-state index contributed by atoms with van der Waals surface area (Å²) in [6, 6.07) is 9.96. The highest BCUT2D eigenvalue weighted by Gasteiger charge is 2.25. The summed E-state index contributed by atoms with van der Waals surface area (Å²) < 4.78 is 0. The Kier molecular flexibility index (Phi) is 7.54. The largest absolute Gasteiger partial charge is 0.326 e. The van der Waals surface area contributed by atoms with E-state index in [0.29, 0.717) is 16.5 Å². The molecule has 1 saturated carbocycles. The number of anilines is 2. The fourth-order valence-electron chi connectivity index (χ4n) is 4.54. The van der Waals surface area contributed by atoms with Gasteiger partial charge in [-0.25, -0.2) is 0 Å². The fraction of sp³-hybridized carbons (Fsp3) is 0.480. The Hall–Kier alpha value is -2.30. The summed E-state index contributed by atoms with van der Waals surface area (Å²) in [7, 11) is 0. The molecule has 1 aromatic carbocycles. The van der Waals surface area contributed by atoms with Crippen molar-refractivity contribution in [2.45, 2.75) is 63.2 Å². The molecule has 2 N–H and O–H groups in total. The molecule has 0 aliphatic heterocycles. The Labute approximate surface area is 198 Å². The van der Waals surface area contributed by atoms with Gasteiger partial charge in [-0.15, -0.1) is 23.1 Å². The maximum Gasteiger partial charge on any atom is 0.235 e. The van der Waals surface area contributed by atoms with Gasteiger partial charge in [0.1, 0.15) is 11.1 Å². The van der Waals surface area contributed by atoms with Crippen LogP contribution in [0, 0.1) is 23.2 Å². The standard InChI is InChI=1S/C25H29N3O2S2/c1-16-10-11-20-21(14-26)25(32-22(20)12-16)28-23(29)15-31-19-9-5-8-18(13-19)27-24(30)17-6-3-2-4-7-17/h5,8-9,13,16-17H,2-4,6-7,10-12,15H2,1H3,(H,27,30)(H,28,29). The van der Waals surface area contributed by atoms with Crippen molar-refractivity contribution >= 4 is 45.6 Å². The van der Waals surface area contributed by atoms with E-state index >= 15 is 0 Å². The van der Waals surface area contributed by atoms with Crippen LogP contribution in [0.1, 0.15) is 61.5 Å². The van der Waals surface area contributed by atoms with Crippen LogP contribution in [0.2, 0.25) is 0 Å². The topological polar surface area (TPSA) is 82.0 Å². The first-order valence-corrected chi connectivity index (χ1v) is 13.2. The molecular weight excluding hydrogens is 438 g/mol. The zero-order valence-corrected chi connectivity index (χ0v) is 20.0. The normalized spacial score (nSPS) is 18.4. The molecule has 2 aromatic rings. The smallest absolute Gasteiger partial charge is 0.235 e. The molecular formula is C25H29N3O2S2. The lowest BCUT2D eigenvalue weighted by Gasteiger charge is -2.20. The number of nitriles is 1. The van der Waals surface area contributed by atoms with Crippen molar-refractivity contribution in [3.05, 3.63) is 40.3 Å². The van der Waals surface area contributed by atoms with Gasteiger partial charge in [0, 0.05) is 21.4 Å². The highest BCUT2D eigenvalue weighted by atomic mass is 32.2. The van der Waals surface area contributed by atoms with Crippen molar-refractivity contribution in [3.8, 4) is 6.07 Å². The van der Waals surface area contributed by atoms with E-state index in [-0.39, 0.29) is 23.5 Å². The van der Waals surface area contributed by atoms with Crippen LogP contribution >= 0.6 is 23.1 Å². The Bertz CT molecular complexity index is 1030. The fourth-order valence-corrected chi connectivity index (χ4v) is 6.67. The third-order valence-corrected chi connectivity index (χ3v) is 8.49. The molecule has 1 heterocycles. The summed E-state index contributed by atoms with van der Waals surface area (Å²) in [5.41, 5.74) is 2.54. The summed E-state index contributed by atoms with van der Waals surface area (Å²) in [5.74, 6) is 0.973. The van der Waals surface area contributed by atoms with Crippen LogP contribution in [0.5, 0.6) is 0 Å². The first-order valence-electron chi connectivity index (χ1n) is 11.4. The number of benzene rings is 1. The number of hydrogen-bond donors (Lipinski definition) is 2. The molecule has 0 radical (unpaired) electrons. The number of thiophene rings is 1. The molecule has 1 fully saturated rings. The maximum atomic E-state index is 12.6. The number of nitrogens with zero attached hydrogens (tertiary/aromatic N) is 1. The van der Waals surface area contributed by atoms with Crippen molar-refractivity contribution in [2.75, 3.05) is 16.4 Å². The lowest BCUT2D eigenvalue weighted by atomic mass is 9.88. The predicted octanol–water partition coefficient (Wildman–Crippen LogP) is 5.99. The number of fused-ring (bicyclic) bond motifs is 1.